The van der Waals surface area contributed by atoms with Gasteiger partial charge in [-0.05, 0) is 28.4 Å². The van der Waals surface area contributed by atoms with Crippen LogP contribution in [-0.4, -0.2) is 9.97 Å². The summed E-state index contributed by atoms with van der Waals surface area (Å²) in [5.41, 5.74) is 8.79. The first-order valence-corrected chi connectivity index (χ1v) is 5.52. The van der Waals surface area contributed by atoms with Crippen LogP contribution in [0, 0.1) is 6.92 Å². The number of hydrogen-bond donors (Lipinski definition) is 2. The number of imidazole rings is 1. The monoisotopic (exact) mass is 265 g/mol. The van der Waals surface area contributed by atoms with Crippen molar-refractivity contribution in [2.45, 2.75) is 13.5 Å². The van der Waals surface area contributed by atoms with E-state index in [2.05, 4.69) is 45.0 Å². The molecule has 1 aromatic heterocycles. The van der Waals surface area contributed by atoms with Crippen LogP contribution in [0.2, 0.25) is 0 Å². The van der Waals surface area contributed by atoms with Crippen molar-refractivity contribution in [1.82, 2.24) is 9.97 Å². The van der Waals surface area contributed by atoms with E-state index >= 15 is 0 Å². The van der Waals surface area contributed by atoms with Crippen molar-refractivity contribution in [3.05, 3.63) is 40.3 Å². The first-order chi connectivity index (χ1) is 7.22. The van der Waals surface area contributed by atoms with Crippen LogP contribution in [0.25, 0.3) is 11.3 Å². The molecule has 3 N–H and O–H groups in total. The molecule has 15 heavy (non-hydrogen) atoms. The van der Waals surface area contributed by atoms with Gasteiger partial charge in [0.2, 0.25) is 0 Å². The fourth-order valence-corrected chi connectivity index (χ4v) is 2.04. The molecule has 0 atom stereocenters. The average molecular weight is 266 g/mol. The maximum Gasteiger partial charge on any atom is 0.121 e. The van der Waals surface area contributed by atoms with Crippen molar-refractivity contribution in [3.8, 4) is 11.3 Å². The van der Waals surface area contributed by atoms with Gasteiger partial charge in [0.25, 0.3) is 0 Å². The number of aromatic nitrogens is 2. The second-order valence-electron chi connectivity index (χ2n) is 3.37. The molecule has 0 aliphatic rings. The molecule has 1 aromatic carbocycles. The first kappa shape index (κ1) is 10.4. The van der Waals surface area contributed by atoms with Gasteiger partial charge in [0, 0.05) is 5.56 Å². The highest BCUT2D eigenvalue weighted by Crippen LogP contribution is 2.28. The third kappa shape index (κ3) is 1.96. The van der Waals surface area contributed by atoms with E-state index in [0.717, 1.165) is 21.7 Å². The Morgan fingerprint density at radius 2 is 2.13 bits per heavy atom. The zero-order chi connectivity index (χ0) is 10.8. The van der Waals surface area contributed by atoms with Gasteiger partial charge in [-0.25, -0.2) is 4.98 Å². The lowest BCUT2D eigenvalue weighted by Gasteiger charge is -2.01. The Kier molecular flexibility index (Phi) is 2.88. The molecular formula is C11H12BrN3. The predicted molar refractivity (Wildman–Crippen MR) is 64.4 cm³/mol. The molecule has 78 valence electrons. The van der Waals surface area contributed by atoms with Gasteiger partial charge >= 0.3 is 0 Å². The number of benzene rings is 1. The summed E-state index contributed by atoms with van der Waals surface area (Å²) in [6.07, 6.45) is 0. The van der Waals surface area contributed by atoms with Crippen LogP contribution in [0.15, 0.2) is 28.9 Å². The molecule has 0 unspecified atom stereocenters. The van der Waals surface area contributed by atoms with Crippen LogP contribution in [0.4, 0.5) is 0 Å². The van der Waals surface area contributed by atoms with E-state index in [9.17, 15) is 0 Å². The van der Waals surface area contributed by atoms with Crippen LogP contribution in [0.3, 0.4) is 0 Å². The van der Waals surface area contributed by atoms with Gasteiger partial charge in [-0.15, -0.1) is 0 Å². The minimum atomic E-state index is 0.421. The van der Waals surface area contributed by atoms with Gasteiger partial charge in [-0.3, -0.25) is 0 Å². The number of hydrogen-bond acceptors (Lipinski definition) is 2. The molecule has 0 saturated heterocycles. The number of halogens is 1. The summed E-state index contributed by atoms with van der Waals surface area (Å²) in [4.78, 5) is 7.53. The predicted octanol–water partition coefficient (Wildman–Crippen LogP) is 2.61. The molecule has 0 amide bonds. The minimum absolute atomic E-state index is 0.421. The summed E-state index contributed by atoms with van der Waals surface area (Å²) < 4.78 is 0.886. The summed E-state index contributed by atoms with van der Waals surface area (Å²) in [5, 5.41) is 0. The van der Waals surface area contributed by atoms with Gasteiger partial charge in [-0.2, -0.15) is 0 Å². The van der Waals surface area contributed by atoms with Crippen LogP contribution >= 0.6 is 15.9 Å². The summed E-state index contributed by atoms with van der Waals surface area (Å²) in [6, 6.07) is 8.14. The number of rotatable bonds is 2. The van der Waals surface area contributed by atoms with Gasteiger partial charge in [0.15, 0.2) is 0 Å². The van der Waals surface area contributed by atoms with Crippen molar-refractivity contribution in [1.29, 1.82) is 0 Å². The van der Waals surface area contributed by atoms with Crippen LogP contribution in [-0.2, 0) is 6.54 Å². The van der Waals surface area contributed by atoms with Crippen molar-refractivity contribution in [3.63, 3.8) is 0 Å². The molecule has 0 aliphatic heterocycles. The second kappa shape index (κ2) is 4.16. The van der Waals surface area contributed by atoms with E-state index in [-0.39, 0.29) is 0 Å². The lowest BCUT2D eigenvalue weighted by Crippen LogP contribution is -1.97. The standard InChI is InChI=1S/C11H12BrN3/c1-7-4-2-3-5-8(7)10-11(12)15-9(6-13)14-10/h2-5H,6,13H2,1H3,(H,14,15). The zero-order valence-corrected chi connectivity index (χ0v) is 10.0. The van der Waals surface area contributed by atoms with Gasteiger partial charge < -0.3 is 10.7 Å². The van der Waals surface area contributed by atoms with Crippen LogP contribution in [0.1, 0.15) is 11.4 Å². The number of nitrogens with zero attached hydrogens (tertiary/aromatic N) is 1. The molecular weight excluding hydrogens is 254 g/mol. The molecule has 0 bridgehead atoms. The molecule has 0 radical (unpaired) electrons. The number of aryl methyl sites for hydroxylation is 1. The summed E-state index contributed by atoms with van der Waals surface area (Å²) in [6.45, 7) is 2.49. The third-order valence-corrected chi connectivity index (χ3v) is 2.88. The van der Waals surface area contributed by atoms with Gasteiger partial charge in [0.1, 0.15) is 16.1 Å². The van der Waals surface area contributed by atoms with Crippen molar-refractivity contribution in [2.24, 2.45) is 5.73 Å². The Labute approximate surface area is 96.9 Å². The number of nitrogens with two attached hydrogens (primary N) is 1. The van der Waals surface area contributed by atoms with Crippen molar-refractivity contribution < 1.29 is 0 Å². The quantitative estimate of drug-likeness (QED) is 0.877. The average Bonchev–Trinajstić information content (AvgIpc) is 2.60. The molecule has 2 rings (SSSR count). The van der Waals surface area contributed by atoms with E-state index in [4.69, 9.17) is 5.73 Å². The molecule has 1 heterocycles. The Bertz CT molecular complexity index is 476. The fraction of sp³-hybridized carbons (Fsp3) is 0.182. The number of nitrogens with one attached hydrogen (secondary N) is 1. The second-order valence-corrected chi connectivity index (χ2v) is 4.16. The summed E-state index contributed by atoms with van der Waals surface area (Å²) in [5.74, 6) is 0.792. The maximum atomic E-state index is 5.53. The molecule has 0 spiro atoms. The lowest BCUT2D eigenvalue weighted by atomic mass is 10.1. The highest BCUT2D eigenvalue weighted by molar-refractivity contribution is 9.10. The van der Waals surface area contributed by atoms with Crippen LogP contribution in [0.5, 0.6) is 0 Å². The smallest absolute Gasteiger partial charge is 0.121 e. The maximum absolute atomic E-state index is 5.53. The summed E-state index contributed by atoms with van der Waals surface area (Å²) in [7, 11) is 0. The van der Waals surface area contributed by atoms with E-state index in [1.54, 1.807) is 0 Å². The van der Waals surface area contributed by atoms with E-state index in [1.807, 2.05) is 12.1 Å². The van der Waals surface area contributed by atoms with Gasteiger partial charge in [0.05, 0.1) is 6.54 Å². The van der Waals surface area contributed by atoms with E-state index < -0.39 is 0 Å². The largest absolute Gasteiger partial charge is 0.335 e. The van der Waals surface area contributed by atoms with E-state index in [0.29, 0.717) is 6.54 Å². The SMILES string of the molecule is Cc1ccccc1-c1nc(CN)[nH]c1Br. The molecule has 4 heteroatoms. The third-order valence-electron chi connectivity index (χ3n) is 2.30. The first-order valence-electron chi connectivity index (χ1n) is 4.73. The topological polar surface area (TPSA) is 54.7 Å². The van der Waals surface area contributed by atoms with Gasteiger partial charge in [-0.1, -0.05) is 24.3 Å². The number of aromatic amines is 1. The Balaban J connectivity index is 2.54. The highest BCUT2D eigenvalue weighted by atomic mass is 79.9. The normalized spacial score (nSPS) is 10.6. The Morgan fingerprint density at radius 3 is 2.73 bits per heavy atom. The van der Waals surface area contributed by atoms with Crippen molar-refractivity contribution >= 4 is 15.9 Å². The molecule has 2 aromatic rings. The van der Waals surface area contributed by atoms with E-state index in [1.165, 1.54) is 5.56 Å². The molecule has 3 nitrogen and oxygen atoms in total. The molecule has 0 fully saturated rings. The fourth-order valence-electron chi connectivity index (χ4n) is 1.51. The molecule has 0 aliphatic carbocycles. The minimum Gasteiger partial charge on any atom is -0.335 e. The lowest BCUT2D eigenvalue weighted by molar-refractivity contribution is 0.947. The zero-order valence-electron chi connectivity index (χ0n) is 8.42. The Hall–Kier alpha value is -1.13. The van der Waals surface area contributed by atoms with Crippen LogP contribution < -0.4 is 5.73 Å². The Morgan fingerprint density at radius 1 is 1.40 bits per heavy atom. The number of H-pyrrole nitrogens is 1. The van der Waals surface area contributed by atoms with Crippen molar-refractivity contribution in [2.75, 3.05) is 0 Å². The highest BCUT2D eigenvalue weighted by Gasteiger charge is 2.10. The summed E-state index contributed by atoms with van der Waals surface area (Å²) >= 11 is 3.46. The molecule has 0 saturated carbocycles.